The molecule has 8 heteroatoms. The van der Waals surface area contributed by atoms with Crippen LogP contribution in [0.1, 0.15) is 79.6 Å². The van der Waals surface area contributed by atoms with Crippen LogP contribution in [0.4, 0.5) is 0 Å². The van der Waals surface area contributed by atoms with E-state index in [-0.39, 0.29) is 50.5 Å². The topological polar surface area (TPSA) is 115 Å². The van der Waals surface area contributed by atoms with Gasteiger partial charge in [-0.15, -0.1) is 5.06 Å². The summed E-state index contributed by atoms with van der Waals surface area (Å²) in [4.78, 5) is 69.2. The molecule has 1 rings (SSSR count). The zero-order valence-electron chi connectivity index (χ0n) is 15.0. The number of hydrogen-bond donors (Lipinski definition) is 0. The van der Waals surface area contributed by atoms with Crippen LogP contribution in [-0.2, 0) is 33.6 Å². The molecule has 8 nitrogen and oxygen atoms in total. The average Bonchev–Trinajstić information content (AvgIpc) is 2.78. The maximum atomic E-state index is 11.2. The van der Waals surface area contributed by atoms with Crippen molar-refractivity contribution in [3.05, 3.63) is 0 Å². The molecule has 1 fully saturated rings. The van der Waals surface area contributed by atoms with E-state index in [1.807, 2.05) is 0 Å². The van der Waals surface area contributed by atoms with Gasteiger partial charge in [0.15, 0.2) is 0 Å². The van der Waals surface area contributed by atoms with Crippen molar-refractivity contribution in [1.82, 2.24) is 5.06 Å². The van der Waals surface area contributed by atoms with E-state index in [4.69, 9.17) is 0 Å². The summed E-state index contributed by atoms with van der Waals surface area (Å²) in [6.45, 7) is 4.51. The number of rotatable bonds is 9. The number of hydroxylamine groups is 2. The number of ketones is 3. The van der Waals surface area contributed by atoms with Gasteiger partial charge in [-0.1, -0.05) is 7.43 Å². The number of Topliss-reactive ketones (excluding diaryl/α,β-unsaturated/α-hetero) is 3. The molecule has 0 atom stereocenters. The summed E-state index contributed by atoms with van der Waals surface area (Å²) in [6, 6.07) is 0. The molecule has 0 radical (unpaired) electrons. The molecule has 0 saturated carbocycles. The lowest BCUT2D eigenvalue weighted by atomic mass is 10.1. The lowest BCUT2D eigenvalue weighted by Crippen LogP contribution is -2.31. The number of amides is 2. The Balaban J connectivity index is 0. The monoisotopic (exact) mass is 371 g/mol. The third-order valence-corrected chi connectivity index (χ3v) is 3.17. The number of imide groups is 1. The van der Waals surface area contributed by atoms with Crippen LogP contribution in [0.25, 0.3) is 0 Å². The van der Waals surface area contributed by atoms with E-state index in [9.17, 15) is 28.8 Å². The van der Waals surface area contributed by atoms with Crippen molar-refractivity contribution < 1.29 is 33.6 Å². The molecule has 0 aromatic carbocycles. The molecule has 0 aromatic rings. The number of nitrogens with zero attached hydrogens (tertiary/aromatic N) is 1. The Bertz CT molecular complexity index is 510. The van der Waals surface area contributed by atoms with Gasteiger partial charge in [-0.25, -0.2) is 4.79 Å². The van der Waals surface area contributed by atoms with E-state index < -0.39 is 17.8 Å². The fraction of sp³-hybridized carbons (Fsp3) is 0.667. The standard InChI is InChI=1S/C10H13NO5.C7H12O2.CH4/c1-7(12)3-2-4-10(15)16-11-8(13)5-6-9(11)14;1-6(8)4-3-5-7(2)9;/h2-6H2,1H3;3-5H2,1-2H3;1H4. The molecule has 1 aliphatic rings. The third kappa shape index (κ3) is 13.0. The van der Waals surface area contributed by atoms with Crippen molar-refractivity contribution in [3.63, 3.8) is 0 Å². The Morgan fingerprint density at radius 3 is 1.46 bits per heavy atom. The second-order valence-electron chi connectivity index (χ2n) is 5.86. The summed E-state index contributed by atoms with van der Waals surface area (Å²) in [5.41, 5.74) is 0. The molecule has 26 heavy (non-hydrogen) atoms. The van der Waals surface area contributed by atoms with Crippen LogP contribution in [0.5, 0.6) is 0 Å². The maximum Gasteiger partial charge on any atom is 0.333 e. The molecule has 0 unspecified atom stereocenters. The maximum absolute atomic E-state index is 11.2. The first-order valence-electron chi connectivity index (χ1n) is 8.18. The zero-order valence-corrected chi connectivity index (χ0v) is 15.0. The van der Waals surface area contributed by atoms with Crippen LogP contribution < -0.4 is 0 Å². The van der Waals surface area contributed by atoms with Crippen LogP contribution in [0, 0.1) is 0 Å². The van der Waals surface area contributed by atoms with E-state index in [1.54, 1.807) is 13.8 Å². The van der Waals surface area contributed by atoms with E-state index in [0.29, 0.717) is 30.7 Å². The number of carbonyl (C=O) groups is 6. The van der Waals surface area contributed by atoms with Crippen LogP contribution in [0.15, 0.2) is 0 Å². The molecule has 0 aliphatic carbocycles. The molecule has 148 valence electrons. The normalized spacial score (nSPS) is 12.7. The first-order valence-corrected chi connectivity index (χ1v) is 8.18. The van der Waals surface area contributed by atoms with Gasteiger partial charge in [0, 0.05) is 38.5 Å². The molecular formula is C18H29NO7. The Morgan fingerprint density at radius 1 is 0.769 bits per heavy atom. The minimum atomic E-state index is -0.662. The van der Waals surface area contributed by atoms with Crippen molar-refractivity contribution >= 4 is 35.1 Å². The Labute approximate surface area is 154 Å². The second-order valence-corrected chi connectivity index (χ2v) is 5.86. The largest absolute Gasteiger partial charge is 0.333 e. The van der Waals surface area contributed by atoms with E-state index in [2.05, 4.69) is 4.84 Å². The van der Waals surface area contributed by atoms with Crippen LogP contribution in [0.3, 0.4) is 0 Å². The Hall–Kier alpha value is -2.38. The summed E-state index contributed by atoms with van der Waals surface area (Å²) in [5, 5.41) is 0.510. The molecule has 0 N–H and O–H groups in total. The number of carbonyl (C=O) groups excluding carboxylic acids is 6. The first-order chi connectivity index (χ1) is 11.6. The quantitative estimate of drug-likeness (QED) is 0.571. The predicted molar refractivity (Wildman–Crippen MR) is 93.7 cm³/mol. The summed E-state index contributed by atoms with van der Waals surface area (Å²) in [5.74, 6) is -1.34. The van der Waals surface area contributed by atoms with Gasteiger partial charge in [-0.05, 0) is 33.6 Å². The fourth-order valence-electron chi connectivity index (χ4n) is 1.87. The van der Waals surface area contributed by atoms with Gasteiger partial charge in [-0.3, -0.25) is 9.59 Å². The van der Waals surface area contributed by atoms with Crippen molar-refractivity contribution in [1.29, 1.82) is 0 Å². The summed E-state index contributed by atoms with van der Waals surface area (Å²) in [7, 11) is 0. The third-order valence-electron chi connectivity index (χ3n) is 3.17. The zero-order chi connectivity index (χ0) is 19.4. The SMILES string of the molecule is C.CC(=O)CCCC(=O)ON1C(=O)CCC1=O.CC(=O)CCCC(C)=O. The fourth-order valence-corrected chi connectivity index (χ4v) is 1.87. The minimum absolute atomic E-state index is 0. The predicted octanol–water partition coefficient (Wildman–Crippen LogP) is 2.32. The molecule has 1 aliphatic heterocycles. The Morgan fingerprint density at radius 2 is 1.12 bits per heavy atom. The van der Waals surface area contributed by atoms with Crippen LogP contribution in [-0.4, -0.2) is 40.2 Å². The van der Waals surface area contributed by atoms with Gasteiger partial charge in [0.25, 0.3) is 11.8 Å². The highest BCUT2D eigenvalue weighted by atomic mass is 16.7. The number of hydrogen-bond acceptors (Lipinski definition) is 7. The second kappa shape index (κ2) is 13.9. The van der Waals surface area contributed by atoms with E-state index in [0.717, 1.165) is 0 Å². The lowest BCUT2D eigenvalue weighted by Gasteiger charge is -2.12. The van der Waals surface area contributed by atoms with E-state index in [1.165, 1.54) is 6.92 Å². The van der Waals surface area contributed by atoms with Crippen molar-refractivity contribution in [2.45, 2.75) is 79.6 Å². The van der Waals surface area contributed by atoms with Crippen molar-refractivity contribution in [2.24, 2.45) is 0 Å². The molecule has 0 aromatic heterocycles. The van der Waals surface area contributed by atoms with Gasteiger partial charge < -0.3 is 19.2 Å². The molecule has 0 bridgehead atoms. The summed E-state index contributed by atoms with van der Waals surface area (Å²) >= 11 is 0. The van der Waals surface area contributed by atoms with Gasteiger partial charge in [0.05, 0.1) is 0 Å². The smallest absolute Gasteiger partial charge is 0.330 e. The summed E-state index contributed by atoms with van der Waals surface area (Å²) in [6.07, 6.45) is 2.64. The van der Waals surface area contributed by atoms with Crippen LogP contribution >= 0.6 is 0 Å². The van der Waals surface area contributed by atoms with E-state index >= 15 is 0 Å². The molecule has 2 amide bonds. The highest BCUT2D eigenvalue weighted by Crippen LogP contribution is 2.13. The minimum Gasteiger partial charge on any atom is -0.330 e. The first kappa shape index (κ1) is 25.9. The van der Waals surface area contributed by atoms with Crippen LogP contribution in [0.2, 0.25) is 0 Å². The summed E-state index contributed by atoms with van der Waals surface area (Å²) < 4.78 is 0. The molecule has 1 heterocycles. The highest BCUT2D eigenvalue weighted by molar-refractivity contribution is 6.01. The highest BCUT2D eigenvalue weighted by Gasteiger charge is 2.32. The average molecular weight is 371 g/mol. The lowest BCUT2D eigenvalue weighted by molar-refractivity contribution is -0.197. The molecule has 0 spiro atoms. The van der Waals surface area contributed by atoms with Gasteiger partial charge in [-0.2, -0.15) is 0 Å². The van der Waals surface area contributed by atoms with Gasteiger partial charge in [0.1, 0.15) is 17.3 Å². The molecule has 1 saturated heterocycles. The molecular weight excluding hydrogens is 342 g/mol. The van der Waals surface area contributed by atoms with Gasteiger partial charge >= 0.3 is 5.97 Å². The van der Waals surface area contributed by atoms with Crippen molar-refractivity contribution in [3.8, 4) is 0 Å². The van der Waals surface area contributed by atoms with Gasteiger partial charge in [0.2, 0.25) is 0 Å². The Kier molecular flexibility index (Phi) is 13.8. The van der Waals surface area contributed by atoms with Crippen molar-refractivity contribution in [2.75, 3.05) is 0 Å².